The highest BCUT2D eigenvalue weighted by Crippen LogP contribution is 2.13. The normalized spacial score (nSPS) is 17.7. The van der Waals surface area contributed by atoms with Gasteiger partial charge in [0.25, 0.3) is 0 Å². The van der Waals surface area contributed by atoms with Crippen LogP contribution in [0.25, 0.3) is 0 Å². The molecule has 3 nitrogen and oxygen atoms in total. The van der Waals surface area contributed by atoms with Crippen LogP contribution in [0.3, 0.4) is 0 Å². The van der Waals surface area contributed by atoms with Crippen LogP contribution in [0.1, 0.15) is 18.4 Å². The lowest BCUT2D eigenvalue weighted by Gasteiger charge is -2.29. The standard InChI is InChI=1S/C14H19BrN2O/c1-17-7-5-13(6-8-17)16-14(18)10-11-3-2-4-12(15)9-11/h2-4,9,13H,5-8,10H2,1H3,(H,16,18). The Balaban J connectivity index is 1.82. The molecule has 1 heterocycles. The van der Waals surface area contributed by atoms with Gasteiger partial charge in [0.15, 0.2) is 0 Å². The van der Waals surface area contributed by atoms with E-state index in [0.717, 1.165) is 36.0 Å². The molecule has 0 aromatic heterocycles. The van der Waals surface area contributed by atoms with E-state index in [1.54, 1.807) is 0 Å². The van der Waals surface area contributed by atoms with Crippen molar-refractivity contribution >= 4 is 21.8 Å². The highest BCUT2D eigenvalue weighted by Gasteiger charge is 2.18. The molecule has 1 aliphatic rings. The summed E-state index contributed by atoms with van der Waals surface area (Å²) >= 11 is 3.42. The van der Waals surface area contributed by atoms with Crippen molar-refractivity contribution in [1.29, 1.82) is 0 Å². The molecule has 1 aromatic rings. The number of carbonyl (C=O) groups is 1. The molecule has 0 radical (unpaired) electrons. The van der Waals surface area contributed by atoms with E-state index in [1.807, 2.05) is 24.3 Å². The predicted molar refractivity (Wildman–Crippen MR) is 76.5 cm³/mol. The Labute approximate surface area is 117 Å². The first-order valence-electron chi connectivity index (χ1n) is 6.36. The monoisotopic (exact) mass is 310 g/mol. The molecule has 1 amide bonds. The molecule has 0 bridgehead atoms. The van der Waals surface area contributed by atoms with Crippen molar-refractivity contribution in [2.24, 2.45) is 0 Å². The molecule has 0 saturated carbocycles. The molecule has 1 aliphatic heterocycles. The van der Waals surface area contributed by atoms with Gasteiger partial charge < -0.3 is 10.2 Å². The Bertz CT molecular complexity index is 414. The fourth-order valence-electron chi connectivity index (χ4n) is 2.26. The molecule has 0 unspecified atom stereocenters. The lowest BCUT2D eigenvalue weighted by molar-refractivity contribution is -0.121. The van der Waals surface area contributed by atoms with Crippen molar-refractivity contribution in [2.75, 3.05) is 20.1 Å². The zero-order valence-corrected chi connectivity index (χ0v) is 12.2. The summed E-state index contributed by atoms with van der Waals surface area (Å²) in [6, 6.07) is 8.26. The number of hydrogen-bond acceptors (Lipinski definition) is 2. The maximum atomic E-state index is 11.9. The topological polar surface area (TPSA) is 32.3 Å². The van der Waals surface area contributed by atoms with E-state index in [2.05, 4.69) is 33.2 Å². The molecule has 1 aromatic carbocycles. The highest BCUT2D eigenvalue weighted by molar-refractivity contribution is 9.10. The average Bonchev–Trinajstić information content (AvgIpc) is 2.32. The number of likely N-dealkylation sites (tertiary alicyclic amines) is 1. The molecule has 18 heavy (non-hydrogen) atoms. The fraction of sp³-hybridized carbons (Fsp3) is 0.500. The molecule has 1 saturated heterocycles. The van der Waals surface area contributed by atoms with Crippen LogP contribution in [-0.2, 0) is 11.2 Å². The second-order valence-electron chi connectivity index (χ2n) is 4.95. The van der Waals surface area contributed by atoms with Crippen LogP contribution in [0.2, 0.25) is 0 Å². The quantitative estimate of drug-likeness (QED) is 0.928. The predicted octanol–water partition coefficient (Wildman–Crippen LogP) is 2.20. The molecular weight excluding hydrogens is 292 g/mol. The van der Waals surface area contributed by atoms with E-state index in [0.29, 0.717) is 12.5 Å². The van der Waals surface area contributed by atoms with Crippen LogP contribution < -0.4 is 5.32 Å². The minimum atomic E-state index is 0.127. The zero-order valence-electron chi connectivity index (χ0n) is 10.7. The summed E-state index contributed by atoms with van der Waals surface area (Å²) in [5.41, 5.74) is 1.05. The first-order valence-corrected chi connectivity index (χ1v) is 7.15. The van der Waals surface area contributed by atoms with E-state index >= 15 is 0 Å². The van der Waals surface area contributed by atoms with E-state index in [-0.39, 0.29) is 5.91 Å². The van der Waals surface area contributed by atoms with Crippen LogP contribution in [0.5, 0.6) is 0 Å². The SMILES string of the molecule is CN1CCC(NC(=O)Cc2cccc(Br)c2)CC1. The van der Waals surface area contributed by atoms with Gasteiger partial charge in [0.2, 0.25) is 5.91 Å². The van der Waals surface area contributed by atoms with E-state index in [1.165, 1.54) is 0 Å². The van der Waals surface area contributed by atoms with Gasteiger partial charge in [0.05, 0.1) is 6.42 Å². The smallest absolute Gasteiger partial charge is 0.224 e. The van der Waals surface area contributed by atoms with Crippen LogP contribution in [0, 0.1) is 0 Å². The molecule has 0 spiro atoms. The van der Waals surface area contributed by atoms with Crippen molar-refractivity contribution in [2.45, 2.75) is 25.3 Å². The van der Waals surface area contributed by atoms with Crippen molar-refractivity contribution < 1.29 is 4.79 Å². The number of nitrogens with one attached hydrogen (secondary N) is 1. The molecule has 1 fully saturated rings. The molecular formula is C14H19BrN2O. The number of rotatable bonds is 3. The molecule has 1 N–H and O–H groups in total. The van der Waals surface area contributed by atoms with Crippen LogP contribution in [0.4, 0.5) is 0 Å². The lowest BCUT2D eigenvalue weighted by atomic mass is 10.0. The second-order valence-corrected chi connectivity index (χ2v) is 5.87. The summed E-state index contributed by atoms with van der Waals surface area (Å²) in [4.78, 5) is 14.2. The summed E-state index contributed by atoms with van der Waals surface area (Å²) in [5.74, 6) is 0.127. The third-order valence-electron chi connectivity index (χ3n) is 3.34. The molecule has 0 atom stereocenters. The van der Waals surface area contributed by atoms with Gasteiger partial charge in [0, 0.05) is 10.5 Å². The summed E-state index contributed by atoms with van der Waals surface area (Å²) in [7, 11) is 2.12. The van der Waals surface area contributed by atoms with Crippen molar-refractivity contribution in [3.8, 4) is 0 Å². The molecule has 98 valence electrons. The van der Waals surface area contributed by atoms with Gasteiger partial charge in [-0.15, -0.1) is 0 Å². The van der Waals surface area contributed by atoms with Gasteiger partial charge >= 0.3 is 0 Å². The number of amides is 1. The Morgan fingerprint density at radius 2 is 2.17 bits per heavy atom. The third-order valence-corrected chi connectivity index (χ3v) is 3.83. The number of nitrogens with zero attached hydrogens (tertiary/aromatic N) is 1. The van der Waals surface area contributed by atoms with Gasteiger partial charge in [-0.1, -0.05) is 28.1 Å². The van der Waals surface area contributed by atoms with Crippen LogP contribution in [0.15, 0.2) is 28.7 Å². The van der Waals surface area contributed by atoms with Gasteiger partial charge in [-0.2, -0.15) is 0 Å². The fourth-order valence-corrected chi connectivity index (χ4v) is 2.71. The Morgan fingerprint density at radius 1 is 1.44 bits per heavy atom. The zero-order chi connectivity index (χ0) is 13.0. The Morgan fingerprint density at radius 3 is 2.83 bits per heavy atom. The largest absolute Gasteiger partial charge is 0.353 e. The minimum Gasteiger partial charge on any atom is -0.353 e. The Hall–Kier alpha value is -0.870. The summed E-state index contributed by atoms with van der Waals surface area (Å²) in [5, 5.41) is 3.13. The van der Waals surface area contributed by atoms with Crippen molar-refractivity contribution in [3.05, 3.63) is 34.3 Å². The third kappa shape index (κ3) is 4.10. The van der Waals surface area contributed by atoms with Crippen molar-refractivity contribution in [1.82, 2.24) is 10.2 Å². The van der Waals surface area contributed by atoms with Gasteiger partial charge in [-0.25, -0.2) is 0 Å². The number of halogens is 1. The maximum absolute atomic E-state index is 11.9. The Kier molecular flexibility index (Phi) is 4.78. The van der Waals surface area contributed by atoms with E-state index in [9.17, 15) is 4.79 Å². The second kappa shape index (κ2) is 6.34. The molecule has 2 rings (SSSR count). The number of carbonyl (C=O) groups excluding carboxylic acids is 1. The van der Waals surface area contributed by atoms with E-state index < -0.39 is 0 Å². The van der Waals surface area contributed by atoms with E-state index in [4.69, 9.17) is 0 Å². The minimum absolute atomic E-state index is 0.127. The van der Waals surface area contributed by atoms with Crippen LogP contribution in [-0.4, -0.2) is 37.0 Å². The summed E-state index contributed by atoms with van der Waals surface area (Å²) in [6.45, 7) is 2.14. The lowest BCUT2D eigenvalue weighted by Crippen LogP contribution is -2.43. The van der Waals surface area contributed by atoms with Crippen LogP contribution >= 0.6 is 15.9 Å². The summed E-state index contributed by atoms with van der Waals surface area (Å²) < 4.78 is 1.02. The molecule has 4 heteroatoms. The van der Waals surface area contributed by atoms with Crippen molar-refractivity contribution in [3.63, 3.8) is 0 Å². The first kappa shape index (κ1) is 13.6. The summed E-state index contributed by atoms with van der Waals surface area (Å²) in [6.07, 6.45) is 2.58. The van der Waals surface area contributed by atoms with Gasteiger partial charge in [0.1, 0.15) is 0 Å². The molecule has 0 aliphatic carbocycles. The number of benzene rings is 1. The number of piperidine rings is 1. The number of hydrogen-bond donors (Lipinski definition) is 1. The highest BCUT2D eigenvalue weighted by atomic mass is 79.9. The van der Waals surface area contributed by atoms with Gasteiger partial charge in [-0.3, -0.25) is 4.79 Å². The first-order chi connectivity index (χ1) is 8.63. The maximum Gasteiger partial charge on any atom is 0.224 e. The van der Waals surface area contributed by atoms with Gasteiger partial charge in [-0.05, 0) is 50.7 Å². The average molecular weight is 311 g/mol.